The molecule has 27 heavy (non-hydrogen) atoms. The average molecular weight is 389 g/mol. The van der Waals surface area contributed by atoms with Crippen molar-refractivity contribution >= 4 is 17.6 Å². The fourth-order valence-electron chi connectivity index (χ4n) is 3.72. The molecule has 1 aromatic carbocycles. The van der Waals surface area contributed by atoms with Gasteiger partial charge in [-0.3, -0.25) is 9.59 Å². The number of carbonyl (C=O) groups is 1. The highest BCUT2D eigenvalue weighted by Crippen LogP contribution is 2.37. The summed E-state index contributed by atoms with van der Waals surface area (Å²) in [6, 6.07) is 7.25. The van der Waals surface area contributed by atoms with Crippen LogP contribution >= 0.6 is 11.6 Å². The molecule has 2 aromatic rings. The lowest BCUT2D eigenvalue weighted by Crippen LogP contribution is -2.33. The minimum Gasteiger partial charge on any atom is -0.466 e. The van der Waals surface area contributed by atoms with Crippen molar-refractivity contribution in [3.05, 3.63) is 50.9 Å². The van der Waals surface area contributed by atoms with Crippen molar-refractivity contribution in [3.8, 4) is 11.4 Å². The van der Waals surface area contributed by atoms with Gasteiger partial charge in [-0.15, -0.1) is 0 Å². The van der Waals surface area contributed by atoms with E-state index in [-0.39, 0.29) is 23.4 Å². The Balaban J connectivity index is 2.00. The molecular formula is C21H25ClN2O3. The van der Waals surface area contributed by atoms with Gasteiger partial charge in [0.1, 0.15) is 5.82 Å². The number of halogens is 1. The Bertz CT molecular complexity index is 861. The van der Waals surface area contributed by atoms with Crippen molar-refractivity contribution in [2.75, 3.05) is 6.61 Å². The van der Waals surface area contributed by atoms with E-state index in [0.29, 0.717) is 35.9 Å². The second kappa shape index (κ2) is 8.70. The number of H-pyrrole nitrogens is 1. The van der Waals surface area contributed by atoms with Crippen LogP contribution in [0.3, 0.4) is 0 Å². The lowest BCUT2D eigenvalue weighted by molar-refractivity contribution is -0.148. The molecule has 0 amide bonds. The Morgan fingerprint density at radius 1 is 1.30 bits per heavy atom. The van der Waals surface area contributed by atoms with Crippen LogP contribution in [0.15, 0.2) is 29.1 Å². The summed E-state index contributed by atoms with van der Waals surface area (Å²) in [6.07, 6.45) is 4.08. The summed E-state index contributed by atoms with van der Waals surface area (Å²) in [4.78, 5) is 32.8. The molecule has 0 unspecified atom stereocenters. The monoisotopic (exact) mass is 388 g/mol. The Morgan fingerprint density at radius 3 is 2.70 bits per heavy atom. The third kappa shape index (κ3) is 4.41. The molecule has 1 N–H and O–H groups in total. The number of rotatable bonds is 6. The van der Waals surface area contributed by atoms with Gasteiger partial charge < -0.3 is 9.72 Å². The smallest absolute Gasteiger partial charge is 0.309 e. The predicted molar refractivity (Wildman–Crippen MR) is 106 cm³/mol. The normalized spacial score (nSPS) is 18.8. The number of esters is 1. The van der Waals surface area contributed by atoms with E-state index >= 15 is 0 Å². The lowest BCUT2D eigenvalue weighted by atomic mass is 9.77. The maximum Gasteiger partial charge on any atom is 0.309 e. The van der Waals surface area contributed by atoms with Crippen molar-refractivity contribution in [1.29, 1.82) is 0 Å². The third-order valence-electron chi connectivity index (χ3n) is 5.10. The zero-order valence-electron chi connectivity index (χ0n) is 15.8. The maximum atomic E-state index is 12.8. The van der Waals surface area contributed by atoms with Gasteiger partial charge >= 0.3 is 5.97 Å². The summed E-state index contributed by atoms with van der Waals surface area (Å²) < 4.78 is 5.21. The van der Waals surface area contributed by atoms with Gasteiger partial charge in [0.25, 0.3) is 5.56 Å². The van der Waals surface area contributed by atoms with Crippen molar-refractivity contribution < 1.29 is 9.53 Å². The minimum absolute atomic E-state index is 0.0939. The number of benzene rings is 1. The zero-order chi connectivity index (χ0) is 19.4. The summed E-state index contributed by atoms with van der Waals surface area (Å²) in [7, 11) is 0. The fourth-order valence-corrected chi connectivity index (χ4v) is 3.85. The number of carbonyl (C=O) groups excluding carboxylic acids is 1. The van der Waals surface area contributed by atoms with Crippen LogP contribution in [0.2, 0.25) is 5.02 Å². The molecule has 6 heteroatoms. The summed E-state index contributed by atoms with van der Waals surface area (Å²) in [5.74, 6) is 0.150. The van der Waals surface area contributed by atoms with Crippen molar-refractivity contribution in [2.24, 2.45) is 5.92 Å². The first-order valence-electron chi connectivity index (χ1n) is 9.59. The van der Waals surface area contributed by atoms with Gasteiger partial charge in [0.15, 0.2) is 0 Å². The van der Waals surface area contributed by atoms with E-state index in [4.69, 9.17) is 21.3 Å². The average Bonchev–Trinajstić information content (AvgIpc) is 2.67. The molecule has 5 nitrogen and oxygen atoms in total. The molecule has 1 aliphatic carbocycles. The quantitative estimate of drug-likeness (QED) is 0.740. The number of hydrogen-bond acceptors (Lipinski definition) is 4. The van der Waals surface area contributed by atoms with Crippen LogP contribution in [0, 0.1) is 5.92 Å². The van der Waals surface area contributed by atoms with Crippen LogP contribution in [0.5, 0.6) is 0 Å². The van der Waals surface area contributed by atoms with Gasteiger partial charge in [-0.1, -0.05) is 31.4 Å². The maximum absolute atomic E-state index is 12.8. The Labute approximate surface area is 164 Å². The second-order valence-electron chi connectivity index (χ2n) is 7.01. The number of unbranched alkanes of at least 4 members (excludes halogenated alkanes) is 1. The summed E-state index contributed by atoms with van der Waals surface area (Å²) in [5.41, 5.74) is 2.11. The Kier molecular flexibility index (Phi) is 6.32. The van der Waals surface area contributed by atoms with Crippen LogP contribution in [0.1, 0.15) is 56.7 Å². The molecule has 0 aliphatic heterocycles. The van der Waals surface area contributed by atoms with E-state index in [9.17, 15) is 9.59 Å². The van der Waals surface area contributed by atoms with Gasteiger partial charge in [-0.05, 0) is 50.5 Å². The van der Waals surface area contributed by atoms with E-state index in [1.807, 2.05) is 12.1 Å². The highest BCUT2D eigenvalue weighted by atomic mass is 35.5. The molecule has 3 rings (SSSR count). The molecule has 0 bridgehead atoms. The molecule has 1 heterocycles. The molecule has 0 spiro atoms. The Hall–Kier alpha value is -2.14. The highest BCUT2D eigenvalue weighted by molar-refractivity contribution is 6.30. The van der Waals surface area contributed by atoms with Crippen LogP contribution < -0.4 is 5.56 Å². The molecular weight excluding hydrogens is 364 g/mol. The van der Waals surface area contributed by atoms with Crippen LogP contribution in [-0.2, 0) is 16.0 Å². The van der Waals surface area contributed by atoms with Crippen molar-refractivity contribution in [2.45, 2.75) is 51.9 Å². The summed E-state index contributed by atoms with van der Waals surface area (Å²) in [5, 5.41) is 0.636. The first-order valence-corrected chi connectivity index (χ1v) is 9.96. The molecule has 2 atom stereocenters. The van der Waals surface area contributed by atoms with Gasteiger partial charge in [0.2, 0.25) is 0 Å². The number of nitrogens with zero attached hydrogens (tertiary/aromatic N) is 1. The van der Waals surface area contributed by atoms with Gasteiger partial charge in [-0.25, -0.2) is 4.98 Å². The molecule has 0 saturated carbocycles. The minimum atomic E-state index is -0.274. The van der Waals surface area contributed by atoms with E-state index in [0.717, 1.165) is 30.5 Å². The molecule has 0 fully saturated rings. The van der Waals surface area contributed by atoms with Gasteiger partial charge in [0, 0.05) is 22.1 Å². The van der Waals surface area contributed by atoms with E-state index in [2.05, 4.69) is 11.9 Å². The number of nitrogens with one attached hydrogen (secondary N) is 1. The SMILES string of the molecule is CCCC[C@H]1C[C@@H](C(=O)OCC)Cc2c1nc(-c1ccc(Cl)cc1)[nH]c2=O. The topological polar surface area (TPSA) is 72.0 Å². The van der Waals surface area contributed by atoms with E-state index in [1.54, 1.807) is 19.1 Å². The van der Waals surface area contributed by atoms with Gasteiger partial charge in [-0.2, -0.15) is 0 Å². The summed E-state index contributed by atoms with van der Waals surface area (Å²) in [6.45, 7) is 4.29. The second-order valence-corrected chi connectivity index (χ2v) is 7.45. The molecule has 144 valence electrons. The Morgan fingerprint density at radius 2 is 2.04 bits per heavy atom. The van der Waals surface area contributed by atoms with Crippen LogP contribution in [0.25, 0.3) is 11.4 Å². The van der Waals surface area contributed by atoms with E-state index in [1.165, 1.54) is 0 Å². The summed E-state index contributed by atoms with van der Waals surface area (Å²) >= 11 is 5.96. The number of hydrogen-bond donors (Lipinski definition) is 1. The number of aromatic nitrogens is 2. The van der Waals surface area contributed by atoms with E-state index < -0.39 is 0 Å². The molecule has 0 radical (unpaired) electrons. The molecule has 1 aromatic heterocycles. The standard InChI is InChI=1S/C21H25ClN2O3/c1-3-5-6-14-11-15(21(26)27-4-2)12-17-18(14)23-19(24-20(17)25)13-7-9-16(22)10-8-13/h7-10,14-15H,3-6,11-12H2,1-2H3,(H,23,24,25)/t14-,15+/m0/s1. The van der Waals surface area contributed by atoms with Crippen molar-refractivity contribution in [3.63, 3.8) is 0 Å². The molecule has 0 saturated heterocycles. The predicted octanol–water partition coefficient (Wildman–Crippen LogP) is 4.49. The van der Waals surface area contributed by atoms with Crippen molar-refractivity contribution in [1.82, 2.24) is 9.97 Å². The highest BCUT2D eigenvalue weighted by Gasteiger charge is 2.34. The third-order valence-corrected chi connectivity index (χ3v) is 5.35. The number of ether oxygens (including phenoxy) is 1. The van der Waals surface area contributed by atoms with Crippen LogP contribution in [-0.4, -0.2) is 22.5 Å². The lowest BCUT2D eigenvalue weighted by Gasteiger charge is -2.29. The number of aromatic amines is 1. The van der Waals surface area contributed by atoms with Gasteiger partial charge in [0.05, 0.1) is 18.2 Å². The van der Waals surface area contributed by atoms with Crippen LogP contribution in [0.4, 0.5) is 0 Å². The first-order chi connectivity index (χ1) is 13.0. The zero-order valence-corrected chi connectivity index (χ0v) is 16.5. The molecule has 1 aliphatic rings. The first kappa shape index (κ1) is 19.6. The largest absolute Gasteiger partial charge is 0.466 e. The number of fused-ring (bicyclic) bond motifs is 1. The fraction of sp³-hybridized carbons (Fsp3) is 0.476.